The van der Waals surface area contributed by atoms with E-state index in [-0.39, 0.29) is 95.1 Å². The summed E-state index contributed by atoms with van der Waals surface area (Å²) < 4.78 is 28.5. The van der Waals surface area contributed by atoms with Crippen molar-refractivity contribution in [1.82, 2.24) is 0 Å². The molecule has 0 radical (unpaired) electrons. The summed E-state index contributed by atoms with van der Waals surface area (Å²) in [6.45, 7) is 2.26. The van der Waals surface area contributed by atoms with E-state index >= 15 is 0 Å². The van der Waals surface area contributed by atoms with Crippen molar-refractivity contribution in [3.8, 4) is 0 Å². The van der Waals surface area contributed by atoms with Crippen molar-refractivity contribution >= 4 is 28.0 Å². The summed E-state index contributed by atoms with van der Waals surface area (Å²) in [4.78, 5) is 29.9. The monoisotopic (exact) mass is 520 g/mol. The molecular formula is C20H35Na3O9S. The fourth-order valence-electron chi connectivity index (χ4n) is 2.75. The van der Waals surface area contributed by atoms with Gasteiger partial charge in [-0.1, -0.05) is 84.0 Å². The van der Waals surface area contributed by atoms with Gasteiger partial charge in [0.2, 0.25) is 0 Å². The van der Waals surface area contributed by atoms with Gasteiger partial charge in [-0.15, -0.1) is 0 Å². The van der Waals surface area contributed by atoms with Crippen LogP contribution in [0.2, 0.25) is 0 Å². The molecule has 0 saturated heterocycles. The second-order valence-electron chi connectivity index (χ2n) is 7.26. The van der Waals surface area contributed by atoms with Crippen LogP contribution < -0.4 is 104 Å². The molecule has 0 amide bonds. The quantitative estimate of drug-likeness (QED) is 0.105. The average Bonchev–Trinajstić information content (AvgIpc) is 2.62. The molecule has 0 fully saturated rings. The Morgan fingerprint density at radius 1 is 0.667 bits per heavy atom. The summed E-state index contributed by atoms with van der Waals surface area (Å²) in [5.74, 6) is -4.98. The van der Waals surface area contributed by atoms with Crippen LogP contribution in [0.4, 0.5) is 0 Å². The first-order chi connectivity index (χ1) is 14.0. The van der Waals surface area contributed by atoms with Crippen LogP contribution in [0.15, 0.2) is 0 Å². The van der Waals surface area contributed by atoms with Gasteiger partial charge >= 0.3 is 88.7 Å². The molecule has 0 aromatic carbocycles. The van der Waals surface area contributed by atoms with Gasteiger partial charge in [-0.05, 0) is 12.8 Å². The Hall–Kier alpha value is 1.32. The van der Waals surface area contributed by atoms with E-state index in [0.29, 0.717) is 0 Å². The number of rotatable bonds is 18. The standard InChI is InChI=1S/C16H32O2.C4H6O7S.3Na/c1-2-3-4-5-6-7-8-9-10-11-12-13-14-15-16(17)18;5-3(6)1-2(4(7)8)12(9,10)11;;;/h2-15H2,1H3,(H,17,18);2H,1H2,(H,5,6)(H,7,8)(H,9,10,11);;;/q;;3*+1/p-3. The summed E-state index contributed by atoms with van der Waals surface area (Å²) in [6, 6.07) is 0. The van der Waals surface area contributed by atoms with Gasteiger partial charge in [-0.25, -0.2) is 0 Å². The van der Waals surface area contributed by atoms with E-state index in [1.54, 1.807) is 0 Å². The molecule has 1 atom stereocenters. The summed E-state index contributed by atoms with van der Waals surface area (Å²) in [6.07, 6.45) is 15.6. The van der Waals surface area contributed by atoms with Crippen LogP contribution in [0.5, 0.6) is 0 Å². The molecule has 0 saturated carbocycles. The predicted molar refractivity (Wildman–Crippen MR) is 105 cm³/mol. The molecule has 0 aliphatic carbocycles. The molecule has 0 spiro atoms. The number of carbonyl (C=O) groups is 3. The van der Waals surface area contributed by atoms with Gasteiger partial charge in [0.15, 0.2) is 0 Å². The SMILES string of the molecule is CCCCCCCCCCCCCCCC(=O)[O-].O=C([O-])CC(C(=O)[O-])S(=O)(=O)O.[Na+].[Na+].[Na+]. The fourth-order valence-corrected chi connectivity index (χ4v) is 3.34. The summed E-state index contributed by atoms with van der Waals surface area (Å²) in [5, 5.41) is 27.4. The molecule has 33 heavy (non-hydrogen) atoms. The number of carbonyl (C=O) groups excluding carboxylic acids is 3. The van der Waals surface area contributed by atoms with Crippen molar-refractivity contribution in [2.75, 3.05) is 0 Å². The van der Waals surface area contributed by atoms with Crippen molar-refractivity contribution in [3.63, 3.8) is 0 Å². The molecule has 0 aromatic heterocycles. The fraction of sp³-hybridized carbons (Fsp3) is 0.850. The Balaban J connectivity index is -0.000000155. The normalized spacial score (nSPS) is 10.8. The third-order valence-corrected chi connectivity index (χ3v) is 5.54. The van der Waals surface area contributed by atoms with Crippen LogP contribution >= 0.6 is 0 Å². The first-order valence-electron chi connectivity index (χ1n) is 10.6. The number of carboxylic acid groups (broad SMARTS) is 3. The maximum Gasteiger partial charge on any atom is 1.00 e. The Morgan fingerprint density at radius 2 is 1.00 bits per heavy atom. The minimum atomic E-state index is -4.94. The Labute approximate surface area is 264 Å². The molecular weight excluding hydrogens is 485 g/mol. The first-order valence-corrected chi connectivity index (χ1v) is 12.1. The van der Waals surface area contributed by atoms with Crippen LogP contribution in [0.25, 0.3) is 0 Å². The van der Waals surface area contributed by atoms with Crippen molar-refractivity contribution in [3.05, 3.63) is 0 Å². The van der Waals surface area contributed by atoms with Crippen LogP contribution in [0.1, 0.15) is 103 Å². The molecule has 0 aliphatic heterocycles. The Kier molecular flexibility index (Phi) is 39.7. The van der Waals surface area contributed by atoms with E-state index in [0.717, 1.165) is 12.8 Å². The van der Waals surface area contributed by atoms with Crippen molar-refractivity contribution in [2.45, 2.75) is 108 Å². The zero-order valence-electron chi connectivity index (χ0n) is 20.8. The topological polar surface area (TPSA) is 175 Å². The minimum Gasteiger partial charge on any atom is -0.550 e. The van der Waals surface area contributed by atoms with E-state index in [1.807, 2.05) is 0 Å². The zero-order valence-corrected chi connectivity index (χ0v) is 27.6. The molecule has 178 valence electrons. The van der Waals surface area contributed by atoms with Crippen molar-refractivity contribution in [2.24, 2.45) is 0 Å². The minimum absolute atomic E-state index is 0. The molecule has 1 N–H and O–H groups in total. The van der Waals surface area contributed by atoms with Gasteiger partial charge in [0, 0.05) is 18.4 Å². The number of aliphatic carboxylic acids is 3. The van der Waals surface area contributed by atoms with Crippen molar-refractivity contribution < 1.29 is 131 Å². The van der Waals surface area contributed by atoms with E-state index in [1.165, 1.54) is 70.6 Å². The van der Waals surface area contributed by atoms with E-state index < -0.39 is 39.7 Å². The molecule has 0 rings (SSSR count). The number of hydrogen-bond acceptors (Lipinski definition) is 8. The average molecular weight is 521 g/mol. The van der Waals surface area contributed by atoms with Gasteiger partial charge in [0.1, 0.15) is 5.25 Å². The third-order valence-electron chi connectivity index (χ3n) is 4.46. The second-order valence-corrected chi connectivity index (χ2v) is 8.86. The third kappa shape index (κ3) is 35.6. The first kappa shape index (κ1) is 44.3. The van der Waals surface area contributed by atoms with Crippen LogP contribution in [0, 0.1) is 0 Å². The van der Waals surface area contributed by atoms with Crippen LogP contribution in [-0.4, -0.2) is 36.1 Å². The Morgan fingerprint density at radius 3 is 1.21 bits per heavy atom. The summed E-state index contributed by atoms with van der Waals surface area (Å²) in [7, 11) is -4.94. The van der Waals surface area contributed by atoms with Crippen LogP contribution in [-0.2, 0) is 24.5 Å². The van der Waals surface area contributed by atoms with Crippen LogP contribution in [0.3, 0.4) is 0 Å². The molecule has 0 aliphatic rings. The molecule has 0 heterocycles. The summed E-state index contributed by atoms with van der Waals surface area (Å²) in [5.41, 5.74) is 0. The maximum absolute atomic E-state index is 10.2. The largest absolute Gasteiger partial charge is 1.00 e. The van der Waals surface area contributed by atoms with E-state index in [4.69, 9.17) is 4.55 Å². The second kappa shape index (κ2) is 29.5. The molecule has 1 unspecified atom stereocenters. The zero-order chi connectivity index (χ0) is 23.4. The molecule has 0 bridgehead atoms. The van der Waals surface area contributed by atoms with Gasteiger partial charge in [-0.3, -0.25) is 4.55 Å². The predicted octanol–water partition coefficient (Wildman–Crippen LogP) is -8.64. The van der Waals surface area contributed by atoms with Gasteiger partial charge in [0.05, 0.1) is 5.97 Å². The van der Waals surface area contributed by atoms with E-state index in [9.17, 15) is 38.1 Å². The van der Waals surface area contributed by atoms with Gasteiger partial charge in [0.25, 0.3) is 10.1 Å². The Bertz CT molecular complexity index is 587. The van der Waals surface area contributed by atoms with Crippen molar-refractivity contribution in [1.29, 1.82) is 0 Å². The molecule has 0 aromatic rings. The maximum atomic E-state index is 10.2. The number of carboxylic acids is 3. The molecule has 9 nitrogen and oxygen atoms in total. The summed E-state index contributed by atoms with van der Waals surface area (Å²) >= 11 is 0. The van der Waals surface area contributed by atoms with Gasteiger partial charge in [-0.2, -0.15) is 8.42 Å². The molecule has 13 heteroatoms. The van der Waals surface area contributed by atoms with Gasteiger partial charge < -0.3 is 29.7 Å². The van der Waals surface area contributed by atoms with E-state index in [2.05, 4.69) is 6.92 Å². The smallest absolute Gasteiger partial charge is 0.550 e. The number of hydrogen-bond donors (Lipinski definition) is 1. The number of unbranched alkanes of at least 4 members (excludes halogenated alkanes) is 12.